The molecule has 3 amide bonds. The molecule has 3 atom stereocenters. The summed E-state index contributed by atoms with van der Waals surface area (Å²) in [5, 5.41) is 7.98. The van der Waals surface area contributed by atoms with Crippen LogP contribution in [0.4, 0.5) is 26.7 Å². The van der Waals surface area contributed by atoms with Crippen molar-refractivity contribution in [2.75, 3.05) is 19.6 Å². The molecular weight excluding hydrogens is 597 g/mol. The Morgan fingerprint density at radius 3 is 2.62 bits per heavy atom. The highest BCUT2D eigenvalue weighted by Crippen LogP contribution is 2.39. The number of halogens is 5. The number of hydrogen-bond donors (Lipinski definition) is 1. The molecule has 3 heterocycles. The van der Waals surface area contributed by atoms with E-state index in [4.69, 9.17) is 4.84 Å². The summed E-state index contributed by atoms with van der Waals surface area (Å²) >= 11 is 0. The van der Waals surface area contributed by atoms with E-state index in [9.17, 15) is 31.5 Å². The van der Waals surface area contributed by atoms with E-state index in [1.807, 2.05) is 24.3 Å². The number of rotatable bonds is 5. The van der Waals surface area contributed by atoms with Gasteiger partial charge < -0.3 is 15.1 Å². The van der Waals surface area contributed by atoms with E-state index in [-0.39, 0.29) is 35.9 Å². The number of likely N-dealkylation sites (tertiary alicyclic amines) is 1. The number of aromatic nitrogens is 2. The maximum atomic E-state index is 13.6. The molecule has 8 nitrogen and oxygen atoms in total. The van der Waals surface area contributed by atoms with Gasteiger partial charge in [0.05, 0.1) is 12.6 Å². The van der Waals surface area contributed by atoms with Gasteiger partial charge in [0.2, 0.25) is 5.91 Å². The highest BCUT2D eigenvalue weighted by atomic mass is 19.4. The van der Waals surface area contributed by atoms with Crippen LogP contribution in [0.2, 0.25) is 0 Å². The number of nitrogens with one attached hydrogen (secondary N) is 1. The third kappa shape index (κ3) is 6.86. The Kier molecular flexibility index (Phi) is 8.87. The number of allylic oxidation sites excluding steroid dienone is 4. The summed E-state index contributed by atoms with van der Waals surface area (Å²) in [6.07, 6.45) is 3.37. The minimum atomic E-state index is -4.92. The number of hydroxylamine groups is 2. The van der Waals surface area contributed by atoms with E-state index in [1.165, 1.54) is 15.5 Å². The summed E-state index contributed by atoms with van der Waals surface area (Å²) in [5.74, 6) is 0.468. The number of fused-ring (bicyclic) bond motifs is 2. The summed E-state index contributed by atoms with van der Waals surface area (Å²) in [7, 11) is 0. The zero-order valence-corrected chi connectivity index (χ0v) is 24.7. The summed E-state index contributed by atoms with van der Waals surface area (Å²) in [4.78, 5) is 34.3. The zero-order valence-electron chi connectivity index (χ0n) is 24.7. The summed E-state index contributed by atoms with van der Waals surface area (Å²) in [6, 6.07) is 8.02. The monoisotopic (exact) mass is 633 g/mol. The molecule has 0 bridgehead atoms. The van der Waals surface area contributed by atoms with Crippen LogP contribution in [0.1, 0.15) is 73.5 Å². The molecule has 6 rings (SSSR count). The lowest BCUT2D eigenvalue weighted by molar-refractivity contribution is -0.146. The van der Waals surface area contributed by atoms with Gasteiger partial charge >= 0.3 is 12.2 Å². The molecule has 2 saturated heterocycles. The SMILES string of the molecule is O=C(Cn1nc(C(F)F)cc1C(F)(F)F)N1CCC(C2CC3CC=CC=C3ON(C(=O)NC3CCCc4ccccc43)C2)CC1. The molecule has 1 N–H and O–H groups in total. The molecule has 0 radical (unpaired) electrons. The van der Waals surface area contributed by atoms with E-state index >= 15 is 0 Å². The minimum absolute atomic E-state index is 0.0746. The van der Waals surface area contributed by atoms with Crippen molar-refractivity contribution in [2.24, 2.45) is 17.8 Å². The van der Waals surface area contributed by atoms with Gasteiger partial charge in [0.25, 0.3) is 6.43 Å². The van der Waals surface area contributed by atoms with Crippen LogP contribution >= 0.6 is 0 Å². The molecule has 2 aromatic rings. The minimum Gasteiger partial charge on any atom is -0.380 e. The summed E-state index contributed by atoms with van der Waals surface area (Å²) < 4.78 is 66.7. The number of urea groups is 1. The number of benzene rings is 1. The predicted molar refractivity (Wildman–Crippen MR) is 153 cm³/mol. The number of amides is 3. The van der Waals surface area contributed by atoms with Crippen molar-refractivity contribution in [2.45, 2.75) is 70.1 Å². The van der Waals surface area contributed by atoms with E-state index < -0.39 is 36.4 Å². The van der Waals surface area contributed by atoms with Gasteiger partial charge in [0.15, 0.2) is 0 Å². The van der Waals surface area contributed by atoms with Crippen molar-refractivity contribution in [1.29, 1.82) is 0 Å². The molecule has 1 aromatic heterocycles. The van der Waals surface area contributed by atoms with Crippen LogP contribution in [0.15, 0.2) is 54.3 Å². The third-order valence-electron chi connectivity index (χ3n) is 9.47. The van der Waals surface area contributed by atoms with Gasteiger partial charge in [0.1, 0.15) is 23.7 Å². The standard InChI is InChI=1S/C32H36F5N5O3/c33-30(34)26-17-28(32(35,36)37)41(39-26)19-29(43)40-14-12-20(13-15-40)23-16-22-7-2-4-11-27(22)45-42(18-23)31(44)38-25-10-5-8-21-6-1-3-9-24(21)25/h1-4,6,9,11,17,20,22-23,25,30H,5,7-8,10,12-16,18-19H2,(H,38,44). The molecule has 3 unspecified atom stereocenters. The molecule has 45 heavy (non-hydrogen) atoms. The molecule has 0 saturated carbocycles. The fourth-order valence-corrected chi connectivity index (χ4v) is 7.12. The maximum Gasteiger partial charge on any atom is 0.433 e. The number of hydrogen-bond acceptors (Lipinski definition) is 4. The first kappa shape index (κ1) is 31.1. The van der Waals surface area contributed by atoms with Crippen LogP contribution in [-0.4, -0.2) is 51.3 Å². The Labute approximate surface area is 257 Å². The molecular formula is C32H36F5N5O3. The van der Waals surface area contributed by atoms with E-state index in [1.54, 1.807) is 0 Å². The molecule has 2 aliphatic heterocycles. The number of alkyl halides is 5. The normalized spacial score (nSPS) is 24.0. The topological polar surface area (TPSA) is 79.7 Å². The molecule has 242 valence electrons. The fourth-order valence-electron chi connectivity index (χ4n) is 7.12. The van der Waals surface area contributed by atoms with Crippen molar-refractivity contribution in [3.8, 4) is 0 Å². The molecule has 2 aliphatic carbocycles. The van der Waals surface area contributed by atoms with Gasteiger partial charge in [-0.3, -0.25) is 9.48 Å². The average Bonchev–Trinajstić information content (AvgIpc) is 3.36. The second-order valence-corrected chi connectivity index (χ2v) is 12.3. The first-order valence-corrected chi connectivity index (χ1v) is 15.5. The molecule has 13 heteroatoms. The lowest BCUT2D eigenvalue weighted by Crippen LogP contribution is -2.46. The highest BCUT2D eigenvalue weighted by molar-refractivity contribution is 5.76. The van der Waals surface area contributed by atoms with Crippen LogP contribution in [-0.2, 0) is 28.8 Å². The number of nitrogens with zero attached hydrogens (tertiary/aromatic N) is 4. The molecule has 2 fully saturated rings. The zero-order chi connectivity index (χ0) is 31.7. The lowest BCUT2D eigenvalue weighted by Gasteiger charge is -2.37. The molecule has 1 aromatic carbocycles. The summed E-state index contributed by atoms with van der Waals surface area (Å²) in [6.45, 7) is 0.211. The maximum absolute atomic E-state index is 13.6. The Morgan fingerprint density at radius 1 is 1.09 bits per heavy atom. The second kappa shape index (κ2) is 12.8. The third-order valence-corrected chi connectivity index (χ3v) is 9.47. The van der Waals surface area contributed by atoms with Crippen LogP contribution in [0.25, 0.3) is 0 Å². The first-order valence-electron chi connectivity index (χ1n) is 15.5. The molecule has 4 aliphatic rings. The first-order chi connectivity index (χ1) is 21.6. The number of carbonyl (C=O) groups excluding carboxylic acids is 2. The Bertz CT molecular complexity index is 1460. The van der Waals surface area contributed by atoms with Gasteiger partial charge in [-0.1, -0.05) is 36.4 Å². The second-order valence-electron chi connectivity index (χ2n) is 12.3. The fraction of sp³-hybridized carbons (Fsp3) is 0.531. The van der Waals surface area contributed by atoms with Crippen LogP contribution in [0.5, 0.6) is 0 Å². The van der Waals surface area contributed by atoms with Gasteiger partial charge in [-0.15, -0.1) is 0 Å². The lowest BCUT2D eigenvalue weighted by atomic mass is 9.77. The quantitative estimate of drug-likeness (QED) is 0.378. The largest absolute Gasteiger partial charge is 0.433 e. The number of piperidine rings is 1. The van der Waals surface area contributed by atoms with Crippen LogP contribution in [0.3, 0.4) is 0 Å². The van der Waals surface area contributed by atoms with Gasteiger partial charge in [-0.05, 0) is 80.1 Å². The predicted octanol–water partition coefficient (Wildman–Crippen LogP) is 6.58. The van der Waals surface area contributed by atoms with Crippen molar-refractivity contribution in [1.82, 2.24) is 25.1 Å². The Balaban J connectivity index is 1.11. The number of aryl methyl sites for hydroxylation is 1. The van der Waals surface area contributed by atoms with Crippen LogP contribution in [0, 0.1) is 17.8 Å². The van der Waals surface area contributed by atoms with E-state index in [2.05, 4.69) is 28.6 Å². The number of carbonyl (C=O) groups is 2. The van der Waals surface area contributed by atoms with Gasteiger partial charge in [0, 0.05) is 19.0 Å². The Morgan fingerprint density at radius 2 is 1.87 bits per heavy atom. The van der Waals surface area contributed by atoms with Gasteiger partial charge in [-0.25, -0.2) is 13.6 Å². The highest BCUT2D eigenvalue weighted by Gasteiger charge is 2.40. The van der Waals surface area contributed by atoms with E-state index in [0.29, 0.717) is 37.2 Å². The van der Waals surface area contributed by atoms with Crippen molar-refractivity contribution in [3.05, 3.63) is 76.8 Å². The van der Waals surface area contributed by atoms with Crippen molar-refractivity contribution in [3.63, 3.8) is 0 Å². The average molecular weight is 634 g/mol. The van der Waals surface area contributed by atoms with E-state index in [0.717, 1.165) is 43.4 Å². The smallest absolute Gasteiger partial charge is 0.380 e. The molecule has 0 spiro atoms. The van der Waals surface area contributed by atoms with Gasteiger partial charge in [-0.2, -0.15) is 23.3 Å². The van der Waals surface area contributed by atoms with Crippen molar-refractivity contribution >= 4 is 11.9 Å². The summed E-state index contributed by atoms with van der Waals surface area (Å²) in [5.41, 5.74) is -0.0281. The Hall–Kier alpha value is -3.90. The van der Waals surface area contributed by atoms with Crippen LogP contribution < -0.4 is 5.32 Å². The van der Waals surface area contributed by atoms with Crippen molar-refractivity contribution < 1.29 is 36.4 Å².